The Labute approximate surface area is 118 Å². The molecule has 1 aromatic carbocycles. The van der Waals surface area contributed by atoms with E-state index in [9.17, 15) is 0 Å². The molecule has 104 valence electrons. The van der Waals surface area contributed by atoms with E-state index >= 15 is 0 Å². The number of oxime groups is 1. The maximum absolute atomic E-state index is 8.69. The highest BCUT2D eigenvalue weighted by molar-refractivity contribution is 7.99. The van der Waals surface area contributed by atoms with Crippen LogP contribution in [0.4, 0.5) is 0 Å². The summed E-state index contributed by atoms with van der Waals surface area (Å²) in [7, 11) is 0. The smallest absolute Gasteiger partial charge is 0.141 e. The van der Waals surface area contributed by atoms with Crippen LogP contribution < -0.4 is 11.1 Å². The maximum atomic E-state index is 8.69. The monoisotopic (exact) mass is 279 g/mol. The third-order valence-corrected chi connectivity index (χ3v) is 3.58. The minimum atomic E-state index is 0.0708. The van der Waals surface area contributed by atoms with Crippen LogP contribution in [-0.4, -0.2) is 29.1 Å². The molecule has 4 N–H and O–H groups in total. The predicted octanol–water partition coefficient (Wildman–Crippen LogP) is 2.37. The van der Waals surface area contributed by atoms with Crippen LogP contribution in [-0.2, 0) is 0 Å². The van der Waals surface area contributed by atoms with Gasteiger partial charge in [-0.3, -0.25) is 0 Å². The number of hydrogen-bond acceptors (Lipinski definition) is 4. The first-order valence-corrected chi connectivity index (χ1v) is 7.36. The molecule has 0 aliphatic heterocycles. The summed E-state index contributed by atoms with van der Waals surface area (Å²) in [6.45, 7) is 4.56. The molecular formula is C14H21N3OS. The highest BCUT2D eigenvalue weighted by Crippen LogP contribution is 2.16. The molecule has 0 aliphatic rings. The van der Waals surface area contributed by atoms with E-state index in [4.69, 9.17) is 10.9 Å². The molecule has 1 atom stereocenters. The van der Waals surface area contributed by atoms with Crippen molar-refractivity contribution < 1.29 is 5.21 Å². The van der Waals surface area contributed by atoms with E-state index in [2.05, 4.69) is 17.1 Å². The number of nitrogens with two attached hydrogens (primary N) is 1. The fourth-order valence-corrected chi connectivity index (χ4v) is 2.31. The molecule has 0 bridgehead atoms. The zero-order valence-corrected chi connectivity index (χ0v) is 11.8. The first-order valence-electron chi connectivity index (χ1n) is 6.21. The number of amidine groups is 1. The Kier molecular flexibility index (Phi) is 7.77. The Hall–Kier alpha value is -1.46. The van der Waals surface area contributed by atoms with Crippen molar-refractivity contribution in [2.24, 2.45) is 10.9 Å². The lowest BCUT2D eigenvalue weighted by Gasteiger charge is -2.18. The Morgan fingerprint density at radius 1 is 1.47 bits per heavy atom. The van der Waals surface area contributed by atoms with Gasteiger partial charge in [0.15, 0.2) is 0 Å². The van der Waals surface area contributed by atoms with Gasteiger partial charge < -0.3 is 16.3 Å². The topological polar surface area (TPSA) is 70.6 Å². The van der Waals surface area contributed by atoms with Gasteiger partial charge in [-0.15, -0.1) is 6.58 Å². The van der Waals surface area contributed by atoms with Crippen LogP contribution in [0.1, 0.15) is 18.0 Å². The average Bonchev–Trinajstić information content (AvgIpc) is 2.46. The third-order valence-electron chi connectivity index (χ3n) is 2.62. The molecule has 1 rings (SSSR count). The van der Waals surface area contributed by atoms with E-state index in [1.165, 1.54) is 0 Å². The number of benzene rings is 1. The number of thioether (sulfide) groups is 1. The van der Waals surface area contributed by atoms with Gasteiger partial charge in [-0.25, -0.2) is 0 Å². The number of nitrogens with zero attached hydrogens (tertiary/aromatic N) is 1. The van der Waals surface area contributed by atoms with E-state index in [0.717, 1.165) is 23.6 Å². The molecule has 0 aromatic heterocycles. The molecule has 1 aromatic rings. The van der Waals surface area contributed by atoms with Gasteiger partial charge in [0.2, 0.25) is 0 Å². The quantitative estimate of drug-likeness (QED) is 0.162. The Morgan fingerprint density at radius 2 is 2.21 bits per heavy atom. The van der Waals surface area contributed by atoms with E-state index < -0.39 is 0 Å². The van der Waals surface area contributed by atoms with Crippen molar-refractivity contribution in [2.75, 3.05) is 18.1 Å². The van der Waals surface area contributed by atoms with Gasteiger partial charge in [-0.1, -0.05) is 41.6 Å². The van der Waals surface area contributed by atoms with Crippen LogP contribution in [0.15, 0.2) is 48.1 Å². The summed E-state index contributed by atoms with van der Waals surface area (Å²) in [6.07, 6.45) is 2.39. The Morgan fingerprint density at radius 3 is 2.84 bits per heavy atom. The molecule has 0 heterocycles. The molecule has 4 nitrogen and oxygen atoms in total. The molecule has 19 heavy (non-hydrogen) atoms. The van der Waals surface area contributed by atoms with Crippen molar-refractivity contribution in [3.63, 3.8) is 0 Å². The summed E-state index contributed by atoms with van der Waals surface area (Å²) >= 11 is 1.82. The van der Waals surface area contributed by atoms with Crippen LogP contribution in [0.2, 0.25) is 0 Å². The van der Waals surface area contributed by atoms with E-state index in [1.807, 2.05) is 48.2 Å². The summed E-state index contributed by atoms with van der Waals surface area (Å²) in [4.78, 5) is 0. The standard InChI is InChI=1S/C14H21N3OS/c1-2-9-19-10-8-16-13(11-14(15)17-18)12-6-4-3-5-7-12/h2-7,13,16,18H,1,8-11H2,(H2,15,17). The van der Waals surface area contributed by atoms with Gasteiger partial charge in [0.1, 0.15) is 5.84 Å². The second kappa shape index (κ2) is 9.47. The number of nitrogens with one attached hydrogen (secondary N) is 1. The summed E-state index contributed by atoms with van der Waals surface area (Å²) in [6, 6.07) is 10.1. The van der Waals surface area contributed by atoms with Gasteiger partial charge in [0, 0.05) is 30.5 Å². The molecule has 0 aliphatic carbocycles. The van der Waals surface area contributed by atoms with Gasteiger partial charge in [-0.2, -0.15) is 11.8 Å². The summed E-state index contributed by atoms with van der Waals surface area (Å²) in [5.41, 5.74) is 6.75. The summed E-state index contributed by atoms with van der Waals surface area (Å²) in [5, 5.41) is 15.2. The minimum absolute atomic E-state index is 0.0708. The molecule has 5 heteroatoms. The highest BCUT2D eigenvalue weighted by Gasteiger charge is 2.12. The van der Waals surface area contributed by atoms with Crippen molar-refractivity contribution in [3.8, 4) is 0 Å². The van der Waals surface area contributed by atoms with E-state index in [1.54, 1.807) is 0 Å². The zero-order valence-electron chi connectivity index (χ0n) is 11.0. The molecule has 0 saturated heterocycles. The zero-order chi connectivity index (χ0) is 13.9. The van der Waals surface area contributed by atoms with Crippen LogP contribution in [0.3, 0.4) is 0 Å². The SMILES string of the molecule is C=CCSCCNC(C/C(N)=N\O)c1ccccc1. The van der Waals surface area contributed by atoms with Crippen LogP contribution in [0.5, 0.6) is 0 Å². The van der Waals surface area contributed by atoms with Gasteiger partial charge in [-0.05, 0) is 5.56 Å². The Bertz CT molecular complexity index is 395. The lowest BCUT2D eigenvalue weighted by Crippen LogP contribution is -2.28. The van der Waals surface area contributed by atoms with Crippen molar-refractivity contribution in [1.82, 2.24) is 5.32 Å². The Balaban J connectivity index is 2.53. The van der Waals surface area contributed by atoms with Crippen LogP contribution in [0, 0.1) is 0 Å². The fourth-order valence-electron chi connectivity index (χ4n) is 1.72. The molecule has 0 fully saturated rings. The van der Waals surface area contributed by atoms with Crippen molar-refractivity contribution >= 4 is 17.6 Å². The van der Waals surface area contributed by atoms with E-state index in [0.29, 0.717) is 6.42 Å². The van der Waals surface area contributed by atoms with Crippen molar-refractivity contribution in [1.29, 1.82) is 0 Å². The van der Waals surface area contributed by atoms with Crippen LogP contribution >= 0.6 is 11.8 Å². The van der Waals surface area contributed by atoms with Crippen LogP contribution in [0.25, 0.3) is 0 Å². The van der Waals surface area contributed by atoms with Crippen molar-refractivity contribution in [3.05, 3.63) is 48.6 Å². The number of rotatable bonds is 9. The lowest BCUT2D eigenvalue weighted by molar-refractivity contribution is 0.315. The average molecular weight is 279 g/mol. The molecule has 0 amide bonds. The fraction of sp³-hybridized carbons (Fsp3) is 0.357. The summed E-state index contributed by atoms with van der Waals surface area (Å²) < 4.78 is 0. The third kappa shape index (κ3) is 6.31. The molecule has 0 radical (unpaired) electrons. The molecular weight excluding hydrogens is 258 g/mol. The van der Waals surface area contributed by atoms with Gasteiger partial charge in [0.05, 0.1) is 0 Å². The largest absolute Gasteiger partial charge is 0.409 e. The lowest BCUT2D eigenvalue weighted by atomic mass is 10.0. The van der Waals surface area contributed by atoms with Crippen molar-refractivity contribution in [2.45, 2.75) is 12.5 Å². The predicted molar refractivity (Wildman–Crippen MR) is 82.7 cm³/mol. The van der Waals surface area contributed by atoms with E-state index in [-0.39, 0.29) is 11.9 Å². The second-order valence-corrected chi connectivity index (χ2v) is 5.23. The highest BCUT2D eigenvalue weighted by atomic mass is 32.2. The van der Waals surface area contributed by atoms with Gasteiger partial charge >= 0.3 is 0 Å². The summed E-state index contributed by atoms with van der Waals surface area (Å²) in [5.74, 6) is 2.20. The molecule has 0 saturated carbocycles. The second-order valence-electron chi connectivity index (χ2n) is 4.08. The maximum Gasteiger partial charge on any atom is 0.141 e. The van der Waals surface area contributed by atoms with Gasteiger partial charge in [0.25, 0.3) is 0 Å². The minimum Gasteiger partial charge on any atom is -0.409 e. The number of hydrogen-bond donors (Lipinski definition) is 3. The normalized spacial score (nSPS) is 13.2. The molecule has 0 spiro atoms. The first kappa shape index (κ1) is 15.6. The first-order chi connectivity index (χ1) is 9.27. The molecule has 1 unspecified atom stereocenters.